The molecule has 0 radical (unpaired) electrons. The van der Waals surface area contributed by atoms with Gasteiger partial charge in [0.05, 0.1) is 55.1 Å². The summed E-state index contributed by atoms with van der Waals surface area (Å²) in [5.41, 5.74) is -4.67. The second-order valence-corrected chi connectivity index (χ2v) is 31.2. The molecule has 0 aromatic rings. The van der Waals surface area contributed by atoms with Gasteiger partial charge in [-0.2, -0.15) is 0 Å². The number of aliphatic hydroxyl groups is 16. The van der Waals surface area contributed by atoms with Gasteiger partial charge in [-0.15, -0.1) is 0 Å². The summed E-state index contributed by atoms with van der Waals surface area (Å²) in [4.78, 5) is 42.7. The minimum absolute atomic E-state index is 0.0625. The lowest BCUT2D eigenvalue weighted by Gasteiger charge is -2.71. The van der Waals surface area contributed by atoms with Crippen molar-refractivity contribution in [3.63, 3.8) is 0 Å². The predicted molar refractivity (Wildman–Crippen MR) is 318 cm³/mol. The van der Waals surface area contributed by atoms with Crippen LogP contribution in [0.25, 0.3) is 0 Å². The molecule has 6 aliphatic heterocycles. The van der Waals surface area contributed by atoms with Gasteiger partial charge >= 0.3 is 5.97 Å². The van der Waals surface area contributed by atoms with Crippen LogP contribution in [0.15, 0.2) is 11.6 Å². The Kier molecular flexibility index (Phi) is 21.6. The largest absolute Gasteiger partial charge is 0.547 e. The van der Waals surface area contributed by atoms with E-state index in [1.807, 2.05) is 0 Å². The average Bonchev–Trinajstić information content (AvgIpc) is 0.670. The first kappa shape index (κ1) is 75.4. The van der Waals surface area contributed by atoms with Crippen LogP contribution >= 0.6 is 0 Å². The van der Waals surface area contributed by atoms with Crippen LogP contribution in [0.4, 0.5) is 0 Å². The third-order valence-corrected chi connectivity index (χ3v) is 25.1. The Morgan fingerprint density at radius 1 is 0.546 bits per heavy atom. The van der Waals surface area contributed by atoms with Crippen molar-refractivity contribution >= 4 is 18.2 Å². The summed E-state index contributed by atoms with van der Waals surface area (Å²) >= 11 is 0. The molecule has 554 valence electrons. The fraction of sp³-hybridized carbons (Fsp3) is 0.923. The number of rotatable bonds is 15. The summed E-state index contributed by atoms with van der Waals surface area (Å²) < 4.78 is 72.0. The molecule has 0 amide bonds. The van der Waals surface area contributed by atoms with E-state index >= 15 is 4.79 Å². The highest BCUT2D eigenvalue weighted by atomic mass is 16.8. The molecule has 0 aromatic carbocycles. The van der Waals surface area contributed by atoms with Crippen LogP contribution in [0.2, 0.25) is 0 Å². The topological polar surface area (TPSA) is 509 Å². The average molecular weight is 1390 g/mol. The molecule has 97 heavy (non-hydrogen) atoms. The zero-order chi connectivity index (χ0) is 71.0. The van der Waals surface area contributed by atoms with E-state index in [2.05, 4.69) is 40.7 Å². The Bertz CT molecular complexity index is 2840. The maximum Gasteiger partial charge on any atom is 0.317 e. The van der Waals surface area contributed by atoms with E-state index in [0.29, 0.717) is 38.5 Å². The van der Waals surface area contributed by atoms with Gasteiger partial charge in [0.15, 0.2) is 37.6 Å². The van der Waals surface area contributed by atoms with Gasteiger partial charge in [0.1, 0.15) is 128 Å². The molecule has 11 aliphatic rings. The molecule has 0 bridgehead atoms. The van der Waals surface area contributed by atoms with Crippen molar-refractivity contribution in [2.75, 3.05) is 13.2 Å². The molecule has 39 atom stereocenters. The van der Waals surface area contributed by atoms with E-state index in [9.17, 15) is 96.4 Å². The fourth-order valence-corrected chi connectivity index (χ4v) is 19.0. The molecular formula is C65H101O32-. The number of carboxylic acids is 1. The molecule has 32 heteroatoms. The van der Waals surface area contributed by atoms with Crippen LogP contribution in [-0.2, 0) is 71.2 Å². The molecule has 0 aromatic heterocycles. The third kappa shape index (κ3) is 12.6. The minimum atomic E-state index is -2.29. The van der Waals surface area contributed by atoms with Gasteiger partial charge in [0.25, 0.3) is 0 Å². The molecule has 4 saturated carbocycles. The van der Waals surface area contributed by atoms with E-state index in [-0.39, 0.29) is 30.6 Å². The van der Waals surface area contributed by atoms with Gasteiger partial charge in [-0.3, -0.25) is 4.79 Å². The van der Waals surface area contributed by atoms with E-state index in [0.717, 1.165) is 11.9 Å². The molecular weight excluding hydrogens is 1290 g/mol. The second-order valence-electron chi connectivity index (χ2n) is 31.2. The molecule has 11 rings (SSSR count). The van der Waals surface area contributed by atoms with Crippen molar-refractivity contribution in [1.82, 2.24) is 0 Å². The van der Waals surface area contributed by atoms with Crippen molar-refractivity contribution in [1.29, 1.82) is 0 Å². The Labute approximate surface area is 560 Å². The number of hydrogen-bond acceptors (Lipinski definition) is 32. The number of aliphatic carboxylic acids is 1. The van der Waals surface area contributed by atoms with Gasteiger partial charge in [-0.05, 0) is 118 Å². The lowest BCUT2D eigenvalue weighted by molar-refractivity contribution is -0.403. The SMILES string of the molecule is C[C@@H]1O[C@@H](O[C@H]2[C@H](O)[C@@H](C(=O)[O-])O[C@@H](O[C@H]3CC[C@]4(C)[C@H]5CC=C6[C@@H]7CC(C)(C)CC[C@]7(C(=O)O[C@@H]7O[C@H](C)[C@H](O)[C@H](O)[C@H]7O[C@@H]7O[C@@H](C)[C@H](O[C@@H]8OC[C@@H](O)[C@H](O)[C@H]8O)[C@@H](O)[C@H]7O)[C@H](O)C[C@@]6(C)[C@]5(C)CC[C@H]4[C@]3(C)C=O)[C@@H]2O[C@@H]2O[C@H](CO)[C@H](O)[C@H](O)[C@H]2O)[C@H](O)[C@H](O)[C@H]1O. The van der Waals surface area contributed by atoms with Gasteiger partial charge in [-0.1, -0.05) is 53.2 Å². The number of aliphatic hydroxyl groups excluding tert-OH is 16. The number of allylic oxidation sites excluding steroid dienone is 2. The minimum Gasteiger partial charge on any atom is -0.547 e. The van der Waals surface area contributed by atoms with Crippen molar-refractivity contribution in [3.8, 4) is 0 Å². The number of esters is 1. The first-order valence-corrected chi connectivity index (χ1v) is 33.9. The summed E-state index contributed by atoms with van der Waals surface area (Å²) in [6, 6.07) is 0. The molecule has 10 fully saturated rings. The van der Waals surface area contributed by atoms with E-state index in [1.165, 1.54) is 20.8 Å². The van der Waals surface area contributed by atoms with Gasteiger partial charge in [0.2, 0.25) is 6.29 Å². The number of carbonyl (C=O) groups excluding carboxylic acids is 3. The molecule has 16 N–H and O–H groups in total. The first-order chi connectivity index (χ1) is 45.4. The molecule has 32 nitrogen and oxygen atoms in total. The van der Waals surface area contributed by atoms with Crippen LogP contribution in [-0.4, -0.2) is 303 Å². The third-order valence-electron chi connectivity index (χ3n) is 25.1. The number of hydrogen-bond donors (Lipinski definition) is 16. The highest BCUT2D eigenvalue weighted by Crippen LogP contribution is 2.76. The smallest absolute Gasteiger partial charge is 0.317 e. The zero-order valence-corrected chi connectivity index (χ0v) is 55.8. The molecule has 0 unspecified atom stereocenters. The number of carboxylic acid groups (broad SMARTS) is 1. The highest BCUT2D eigenvalue weighted by molar-refractivity contribution is 5.80. The summed E-state index contributed by atoms with van der Waals surface area (Å²) in [6.45, 7) is 15.2. The normalized spacial score (nSPS) is 55.4. The van der Waals surface area contributed by atoms with Gasteiger partial charge in [0, 0.05) is 0 Å². The quantitative estimate of drug-likeness (QED) is 0.0314. The molecule has 0 spiro atoms. The highest BCUT2D eigenvalue weighted by Gasteiger charge is 2.73. The number of aldehydes is 1. The van der Waals surface area contributed by atoms with Gasteiger partial charge < -0.3 is 153 Å². The summed E-state index contributed by atoms with van der Waals surface area (Å²) in [6.07, 6.45) is -48.2. The lowest BCUT2D eigenvalue weighted by Crippen LogP contribution is -2.70. The Balaban J connectivity index is 0.858. The number of fused-ring (bicyclic) bond motifs is 7. The lowest BCUT2D eigenvalue weighted by atomic mass is 9.33. The number of carbonyl (C=O) groups is 3. The Hall–Kier alpha value is -2.73. The number of ether oxygens (including phenoxy) is 12. The van der Waals surface area contributed by atoms with Crippen molar-refractivity contribution in [3.05, 3.63) is 11.6 Å². The van der Waals surface area contributed by atoms with Crippen molar-refractivity contribution in [2.24, 2.45) is 50.2 Å². The van der Waals surface area contributed by atoms with Crippen LogP contribution < -0.4 is 5.11 Å². The standard InChI is InChI=1S/C65H102O32/c1-23-34(70)38(74)43(79)54(87-23)93-48-46(82)49(52(83)84)94-58(51(48)96-56-44(80)39(75)37(73)29(20-66)90-56)91-33-13-14-61(6)30(62(33,7)22-67)12-15-63(8)31(61)11-10-26-27-18-60(4,5)16-17-65(27,32(69)19-64(26,63)9)59(85)97-57-50(40(76)35(71)24(2)88-57)95-55-45(81)41(77)47(25(3)89-55)92-53-42(78)36(72)28(68)21-86-53/h10,22-25,27-51,53-58,66,68-82H,11-21H2,1-9H3,(H,83,84)/p-1/t23-,24+,25-,27-,28+,29+,30+,31+,32+,33-,34-,35-,36-,37-,38+,39-,40-,41-,42+,43+,44+,45+,46-,47-,48-,49-,50+,51+,53-,54-,55-,56-,57-,58+,61-,62-,63+,64+,65+/m0/s1. The zero-order valence-electron chi connectivity index (χ0n) is 55.8. The monoisotopic (exact) mass is 1390 g/mol. The summed E-state index contributed by atoms with van der Waals surface area (Å²) in [5.74, 6) is -4.21. The Morgan fingerprint density at radius 3 is 1.74 bits per heavy atom. The van der Waals surface area contributed by atoms with E-state index < -0.39 is 254 Å². The fourth-order valence-electron chi connectivity index (χ4n) is 19.0. The van der Waals surface area contributed by atoms with E-state index in [4.69, 9.17) is 56.8 Å². The molecule has 6 saturated heterocycles. The summed E-state index contributed by atoms with van der Waals surface area (Å²) in [5, 5.41) is 189. The maximum atomic E-state index is 15.6. The van der Waals surface area contributed by atoms with Crippen LogP contribution in [0.3, 0.4) is 0 Å². The first-order valence-electron chi connectivity index (χ1n) is 33.9. The second kappa shape index (κ2) is 27.7. The maximum absolute atomic E-state index is 15.6. The van der Waals surface area contributed by atoms with E-state index in [1.54, 1.807) is 6.92 Å². The van der Waals surface area contributed by atoms with Crippen molar-refractivity contribution in [2.45, 2.75) is 310 Å². The predicted octanol–water partition coefficient (Wildman–Crippen LogP) is -5.76. The molecule has 6 heterocycles. The molecule has 5 aliphatic carbocycles. The van der Waals surface area contributed by atoms with Gasteiger partial charge in [-0.25, -0.2) is 0 Å². The van der Waals surface area contributed by atoms with Crippen LogP contribution in [0, 0.1) is 50.2 Å². The van der Waals surface area contributed by atoms with Crippen molar-refractivity contribution < 1.29 is 158 Å². The van der Waals surface area contributed by atoms with Crippen LogP contribution in [0.1, 0.15) is 120 Å². The summed E-state index contributed by atoms with van der Waals surface area (Å²) in [7, 11) is 0. The Morgan fingerprint density at radius 2 is 1.10 bits per heavy atom. The van der Waals surface area contributed by atoms with Crippen LogP contribution in [0.5, 0.6) is 0 Å².